The van der Waals surface area contributed by atoms with E-state index in [1.807, 2.05) is 53.1 Å². The van der Waals surface area contributed by atoms with Crippen molar-refractivity contribution in [3.8, 4) is 22.8 Å². The fourth-order valence-electron chi connectivity index (χ4n) is 2.10. The van der Waals surface area contributed by atoms with Gasteiger partial charge in [0.15, 0.2) is 10.6 Å². The monoisotopic (exact) mass is 361 g/mol. The van der Waals surface area contributed by atoms with Gasteiger partial charge in [0, 0.05) is 15.7 Å². The summed E-state index contributed by atoms with van der Waals surface area (Å²) in [5.41, 5.74) is 1.87. The number of methoxy groups -OCH3 is 1. The van der Waals surface area contributed by atoms with Crippen LogP contribution in [0.5, 0.6) is 5.75 Å². The van der Waals surface area contributed by atoms with Crippen LogP contribution in [-0.4, -0.2) is 21.9 Å². The summed E-state index contributed by atoms with van der Waals surface area (Å²) in [7, 11) is 1.64. The quantitative estimate of drug-likeness (QED) is 0.704. The molecule has 0 atom stereocenters. The molecule has 0 fully saturated rings. The summed E-state index contributed by atoms with van der Waals surface area (Å²) < 4.78 is 8.66. The van der Waals surface area contributed by atoms with Crippen LogP contribution in [0.25, 0.3) is 17.1 Å². The molecule has 0 saturated heterocycles. The van der Waals surface area contributed by atoms with E-state index in [-0.39, 0.29) is 0 Å². The van der Waals surface area contributed by atoms with Crippen molar-refractivity contribution >= 4 is 28.1 Å². The minimum absolute atomic E-state index is 0.547. The van der Waals surface area contributed by atoms with Gasteiger partial charge in [-0.15, -0.1) is 0 Å². The minimum atomic E-state index is 0.547. The molecule has 0 saturated carbocycles. The Morgan fingerprint density at radius 2 is 1.95 bits per heavy atom. The number of benzene rings is 2. The van der Waals surface area contributed by atoms with E-state index >= 15 is 0 Å². The van der Waals surface area contributed by atoms with Crippen LogP contribution >= 0.6 is 28.1 Å². The molecule has 0 aliphatic heterocycles. The van der Waals surface area contributed by atoms with Crippen LogP contribution in [0.4, 0.5) is 0 Å². The molecule has 0 amide bonds. The van der Waals surface area contributed by atoms with Crippen molar-refractivity contribution in [3.05, 3.63) is 57.8 Å². The van der Waals surface area contributed by atoms with E-state index in [9.17, 15) is 0 Å². The second kappa shape index (κ2) is 5.83. The van der Waals surface area contributed by atoms with Crippen molar-refractivity contribution in [1.82, 2.24) is 14.8 Å². The molecule has 1 aromatic heterocycles. The summed E-state index contributed by atoms with van der Waals surface area (Å²) >= 11 is 8.91. The van der Waals surface area contributed by atoms with Crippen LogP contribution in [0, 0.1) is 4.77 Å². The second-order valence-electron chi connectivity index (χ2n) is 4.37. The van der Waals surface area contributed by atoms with Gasteiger partial charge in [-0.1, -0.05) is 34.1 Å². The van der Waals surface area contributed by atoms with Crippen LogP contribution < -0.4 is 4.74 Å². The normalized spacial score (nSPS) is 10.6. The molecule has 3 aromatic rings. The number of aromatic nitrogens is 3. The molecule has 1 N–H and O–H groups in total. The summed E-state index contributed by atoms with van der Waals surface area (Å²) in [4.78, 5) is 0. The Labute approximate surface area is 135 Å². The number of nitrogens with one attached hydrogen (secondary N) is 1. The van der Waals surface area contributed by atoms with Gasteiger partial charge in [-0.05, 0) is 42.5 Å². The van der Waals surface area contributed by atoms with E-state index in [1.165, 1.54) is 0 Å². The molecule has 0 aliphatic carbocycles. The third kappa shape index (κ3) is 2.64. The number of hydrogen-bond donors (Lipinski definition) is 1. The van der Waals surface area contributed by atoms with E-state index in [1.54, 1.807) is 7.11 Å². The average Bonchev–Trinajstić information content (AvgIpc) is 2.90. The first-order chi connectivity index (χ1) is 10.2. The fourth-order valence-corrected chi connectivity index (χ4v) is 2.76. The van der Waals surface area contributed by atoms with Crippen molar-refractivity contribution in [2.24, 2.45) is 0 Å². The molecular weight excluding hydrogens is 350 g/mol. The zero-order valence-corrected chi connectivity index (χ0v) is 13.6. The fraction of sp³-hybridized carbons (Fsp3) is 0.0667. The number of nitrogens with zero attached hydrogens (tertiary/aromatic N) is 2. The molecule has 6 heteroatoms. The van der Waals surface area contributed by atoms with Gasteiger partial charge in [0.1, 0.15) is 5.75 Å². The highest BCUT2D eigenvalue weighted by molar-refractivity contribution is 9.10. The van der Waals surface area contributed by atoms with Gasteiger partial charge in [0.05, 0.1) is 7.11 Å². The molecule has 4 nitrogen and oxygen atoms in total. The number of para-hydroxylation sites is 1. The van der Waals surface area contributed by atoms with E-state index in [4.69, 9.17) is 17.0 Å². The van der Waals surface area contributed by atoms with Crippen molar-refractivity contribution in [3.63, 3.8) is 0 Å². The number of aromatic amines is 1. The Balaban J connectivity index is 2.24. The van der Waals surface area contributed by atoms with Crippen molar-refractivity contribution in [2.75, 3.05) is 7.11 Å². The lowest BCUT2D eigenvalue weighted by Gasteiger charge is -2.09. The van der Waals surface area contributed by atoms with Crippen molar-refractivity contribution in [2.45, 2.75) is 0 Å². The predicted molar refractivity (Wildman–Crippen MR) is 88.4 cm³/mol. The van der Waals surface area contributed by atoms with Gasteiger partial charge in [-0.25, -0.2) is 0 Å². The molecule has 0 unspecified atom stereocenters. The first-order valence-corrected chi connectivity index (χ1v) is 7.47. The third-order valence-corrected chi connectivity index (χ3v) is 4.07. The van der Waals surface area contributed by atoms with E-state index in [0.717, 1.165) is 27.3 Å². The van der Waals surface area contributed by atoms with Crippen LogP contribution in [0.2, 0.25) is 0 Å². The van der Waals surface area contributed by atoms with Crippen molar-refractivity contribution in [1.29, 1.82) is 0 Å². The SMILES string of the molecule is COc1ccc(Br)c(-c2n[nH]c(=S)n2-c2ccccc2)c1. The smallest absolute Gasteiger partial charge is 0.200 e. The first kappa shape index (κ1) is 14.0. The lowest BCUT2D eigenvalue weighted by atomic mass is 10.2. The summed E-state index contributed by atoms with van der Waals surface area (Å²) in [6, 6.07) is 15.6. The Bertz CT molecular complexity index is 826. The van der Waals surface area contributed by atoms with Crippen LogP contribution in [0.1, 0.15) is 0 Å². The van der Waals surface area contributed by atoms with E-state index < -0.39 is 0 Å². The van der Waals surface area contributed by atoms with Crippen LogP contribution in [0.15, 0.2) is 53.0 Å². The van der Waals surface area contributed by atoms with Gasteiger partial charge < -0.3 is 4.74 Å². The average molecular weight is 362 g/mol. The molecule has 0 bridgehead atoms. The molecule has 3 rings (SSSR count). The molecule has 0 spiro atoms. The molecule has 0 aliphatic rings. The van der Waals surface area contributed by atoms with Crippen LogP contribution in [-0.2, 0) is 0 Å². The number of halogens is 1. The summed E-state index contributed by atoms with van der Waals surface area (Å²) in [6.07, 6.45) is 0. The van der Waals surface area contributed by atoms with Crippen molar-refractivity contribution < 1.29 is 4.74 Å². The molecule has 0 radical (unpaired) electrons. The Morgan fingerprint density at radius 3 is 2.67 bits per heavy atom. The number of H-pyrrole nitrogens is 1. The summed E-state index contributed by atoms with van der Waals surface area (Å²) in [5.74, 6) is 1.50. The summed E-state index contributed by atoms with van der Waals surface area (Å²) in [6.45, 7) is 0. The first-order valence-electron chi connectivity index (χ1n) is 6.27. The topological polar surface area (TPSA) is 42.8 Å². The number of ether oxygens (including phenoxy) is 1. The van der Waals surface area contributed by atoms with Crippen LogP contribution in [0.3, 0.4) is 0 Å². The molecule has 106 valence electrons. The standard InChI is InChI=1S/C15H12BrN3OS/c1-20-11-7-8-13(16)12(9-11)14-17-18-15(21)19(14)10-5-3-2-4-6-10/h2-9H,1H3,(H,18,21). The largest absolute Gasteiger partial charge is 0.497 e. The van der Waals surface area contributed by atoms with E-state index in [0.29, 0.717) is 4.77 Å². The lowest BCUT2D eigenvalue weighted by molar-refractivity contribution is 0.415. The Morgan fingerprint density at radius 1 is 1.19 bits per heavy atom. The number of hydrogen-bond acceptors (Lipinski definition) is 3. The lowest BCUT2D eigenvalue weighted by Crippen LogP contribution is -1.98. The van der Waals surface area contributed by atoms with Gasteiger partial charge >= 0.3 is 0 Å². The molecule has 21 heavy (non-hydrogen) atoms. The Hall–Kier alpha value is -1.92. The minimum Gasteiger partial charge on any atom is -0.497 e. The Kier molecular flexibility index (Phi) is 3.90. The zero-order chi connectivity index (χ0) is 14.8. The zero-order valence-electron chi connectivity index (χ0n) is 11.2. The van der Waals surface area contributed by atoms with Gasteiger partial charge in [-0.3, -0.25) is 9.67 Å². The maximum absolute atomic E-state index is 5.36. The summed E-state index contributed by atoms with van der Waals surface area (Å²) in [5, 5.41) is 7.21. The molecular formula is C15H12BrN3OS. The van der Waals surface area contributed by atoms with Gasteiger partial charge in [0.2, 0.25) is 0 Å². The van der Waals surface area contributed by atoms with E-state index in [2.05, 4.69) is 26.1 Å². The third-order valence-electron chi connectivity index (χ3n) is 3.10. The maximum atomic E-state index is 5.36. The second-order valence-corrected chi connectivity index (χ2v) is 5.61. The highest BCUT2D eigenvalue weighted by atomic mass is 79.9. The van der Waals surface area contributed by atoms with Gasteiger partial charge in [0.25, 0.3) is 0 Å². The maximum Gasteiger partial charge on any atom is 0.200 e. The molecule has 1 heterocycles. The predicted octanol–water partition coefficient (Wildman–Crippen LogP) is 4.37. The van der Waals surface area contributed by atoms with Gasteiger partial charge in [-0.2, -0.15) is 5.10 Å². The molecule has 2 aromatic carbocycles. The highest BCUT2D eigenvalue weighted by Crippen LogP contribution is 2.31. The number of rotatable bonds is 3. The highest BCUT2D eigenvalue weighted by Gasteiger charge is 2.14.